The van der Waals surface area contributed by atoms with Crippen LogP contribution in [0, 0.1) is 6.92 Å². The second-order valence-corrected chi connectivity index (χ2v) is 3.90. The van der Waals surface area contributed by atoms with E-state index in [2.05, 4.69) is 0 Å². The average molecular weight is 232 g/mol. The zero-order valence-corrected chi connectivity index (χ0v) is 10.0. The molecule has 90 valence electrons. The summed E-state index contributed by atoms with van der Waals surface area (Å²) in [5.41, 5.74) is 1.60. The van der Waals surface area contributed by atoms with Gasteiger partial charge in [-0.15, -0.1) is 0 Å². The summed E-state index contributed by atoms with van der Waals surface area (Å²) in [5.74, 6) is 1.61. The number of aliphatic hydroxyl groups is 1. The molecule has 0 saturated carbocycles. The maximum atomic E-state index is 10.1. The lowest BCUT2D eigenvalue weighted by Crippen LogP contribution is -1.98. The van der Waals surface area contributed by atoms with Crippen molar-refractivity contribution in [3.63, 3.8) is 0 Å². The van der Waals surface area contributed by atoms with Gasteiger partial charge in [-0.25, -0.2) is 0 Å². The van der Waals surface area contributed by atoms with Crippen molar-refractivity contribution in [1.82, 2.24) is 0 Å². The van der Waals surface area contributed by atoms with Crippen molar-refractivity contribution >= 4 is 0 Å². The maximum absolute atomic E-state index is 10.1. The largest absolute Gasteiger partial charge is 0.494 e. The number of rotatable bonds is 4. The van der Waals surface area contributed by atoms with Gasteiger partial charge in [0.25, 0.3) is 0 Å². The molecule has 1 atom stereocenters. The Morgan fingerprint density at radius 1 is 1.24 bits per heavy atom. The van der Waals surface area contributed by atoms with Crippen LogP contribution in [-0.2, 0) is 0 Å². The van der Waals surface area contributed by atoms with Crippen molar-refractivity contribution in [2.45, 2.75) is 20.0 Å². The summed E-state index contributed by atoms with van der Waals surface area (Å²) < 4.78 is 10.5. The van der Waals surface area contributed by atoms with Crippen LogP contribution in [0.2, 0.25) is 0 Å². The number of hydrogen-bond donors (Lipinski definition) is 1. The Hall–Kier alpha value is -1.74. The van der Waals surface area contributed by atoms with E-state index in [1.165, 1.54) is 0 Å². The Kier molecular flexibility index (Phi) is 3.49. The fourth-order valence-corrected chi connectivity index (χ4v) is 1.71. The molecule has 0 aliphatic rings. The third-order valence-corrected chi connectivity index (χ3v) is 2.57. The van der Waals surface area contributed by atoms with E-state index >= 15 is 0 Å². The molecule has 1 unspecified atom stereocenters. The van der Waals surface area contributed by atoms with Crippen molar-refractivity contribution in [3.8, 4) is 5.75 Å². The molecule has 0 amide bonds. The number of aliphatic hydroxyl groups excluding tert-OH is 1. The molecule has 1 N–H and O–H groups in total. The highest BCUT2D eigenvalue weighted by Crippen LogP contribution is 2.25. The molecule has 17 heavy (non-hydrogen) atoms. The van der Waals surface area contributed by atoms with Gasteiger partial charge in [-0.2, -0.15) is 0 Å². The predicted molar refractivity (Wildman–Crippen MR) is 65.1 cm³/mol. The third kappa shape index (κ3) is 2.68. The highest BCUT2D eigenvalue weighted by atomic mass is 16.5. The first-order chi connectivity index (χ1) is 8.20. The molecule has 1 aromatic heterocycles. The first kappa shape index (κ1) is 11.7. The Labute approximate surface area is 101 Å². The van der Waals surface area contributed by atoms with Gasteiger partial charge < -0.3 is 14.3 Å². The highest BCUT2D eigenvalue weighted by molar-refractivity contribution is 5.33. The van der Waals surface area contributed by atoms with Gasteiger partial charge in [0, 0.05) is 5.56 Å². The molecule has 0 spiro atoms. The van der Waals surface area contributed by atoms with Crippen molar-refractivity contribution in [3.05, 3.63) is 53.5 Å². The molecule has 0 radical (unpaired) electrons. The zero-order chi connectivity index (χ0) is 12.3. The van der Waals surface area contributed by atoms with E-state index in [-0.39, 0.29) is 0 Å². The monoisotopic (exact) mass is 232 g/mol. The van der Waals surface area contributed by atoms with Crippen molar-refractivity contribution in [2.24, 2.45) is 0 Å². The van der Waals surface area contributed by atoms with Gasteiger partial charge in [-0.3, -0.25) is 0 Å². The summed E-state index contributed by atoms with van der Waals surface area (Å²) in [5, 5.41) is 10.1. The molecule has 2 rings (SSSR count). The summed E-state index contributed by atoms with van der Waals surface area (Å²) in [6.07, 6.45) is 0.930. The minimum atomic E-state index is -0.650. The molecular formula is C14H16O3. The lowest BCUT2D eigenvalue weighted by molar-refractivity contribution is 0.219. The van der Waals surface area contributed by atoms with Gasteiger partial charge in [0.05, 0.1) is 12.9 Å². The van der Waals surface area contributed by atoms with E-state index < -0.39 is 6.10 Å². The first-order valence-corrected chi connectivity index (χ1v) is 5.66. The van der Waals surface area contributed by atoms with Crippen LogP contribution in [0.15, 0.2) is 41.0 Å². The summed E-state index contributed by atoms with van der Waals surface area (Å²) in [6, 6.07) is 9.26. The van der Waals surface area contributed by atoms with Crippen LogP contribution < -0.4 is 4.74 Å². The molecule has 3 nitrogen and oxygen atoms in total. The third-order valence-electron chi connectivity index (χ3n) is 2.57. The molecule has 1 heterocycles. The Bertz CT molecular complexity index is 470. The number of hydrogen-bond acceptors (Lipinski definition) is 3. The van der Waals surface area contributed by atoms with E-state index in [1.807, 2.05) is 44.2 Å². The average Bonchev–Trinajstić information content (AvgIpc) is 2.76. The van der Waals surface area contributed by atoms with Gasteiger partial charge in [0.15, 0.2) is 0 Å². The molecule has 1 aromatic carbocycles. The summed E-state index contributed by atoms with van der Waals surface area (Å²) in [6.45, 7) is 4.44. The van der Waals surface area contributed by atoms with Crippen LogP contribution in [0.5, 0.6) is 5.75 Å². The van der Waals surface area contributed by atoms with Crippen molar-refractivity contribution < 1.29 is 14.3 Å². The van der Waals surface area contributed by atoms with Crippen LogP contribution in [0.1, 0.15) is 29.9 Å². The molecule has 0 saturated heterocycles. The van der Waals surface area contributed by atoms with Crippen molar-refractivity contribution in [1.29, 1.82) is 0 Å². The number of ether oxygens (including phenoxy) is 1. The van der Waals surface area contributed by atoms with Crippen LogP contribution in [0.3, 0.4) is 0 Å². The van der Waals surface area contributed by atoms with Crippen LogP contribution in [0.4, 0.5) is 0 Å². The summed E-state index contributed by atoms with van der Waals surface area (Å²) in [4.78, 5) is 0. The molecule has 3 heteroatoms. The fourth-order valence-electron chi connectivity index (χ4n) is 1.71. The van der Waals surface area contributed by atoms with E-state index in [1.54, 1.807) is 6.26 Å². The summed E-state index contributed by atoms with van der Waals surface area (Å²) >= 11 is 0. The molecule has 0 aliphatic carbocycles. The topological polar surface area (TPSA) is 42.6 Å². The second kappa shape index (κ2) is 5.06. The van der Waals surface area contributed by atoms with E-state index in [9.17, 15) is 5.11 Å². The number of furan rings is 1. The normalized spacial score (nSPS) is 12.4. The van der Waals surface area contributed by atoms with Gasteiger partial charge in [-0.05, 0) is 37.6 Å². The lowest BCUT2D eigenvalue weighted by Gasteiger charge is -2.09. The molecule has 0 aliphatic heterocycles. The number of aryl methyl sites for hydroxylation is 1. The minimum Gasteiger partial charge on any atom is -0.494 e. The summed E-state index contributed by atoms with van der Waals surface area (Å²) in [7, 11) is 0. The van der Waals surface area contributed by atoms with E-state index in [4.69, 9.17) is 9.15 Å². The molecule has 2 aromatic rings. The molecule has 0 bridgehead atoms. The number of benzene rings is 1. The quantitative estimate of drug-likeness (QED) is 0.880. The maximum Gasteiger partial charge on any atom is 0.119 e. The van der Waals surface area contributed by atoms with Crippen LogP contribution in [-0.4, -0.2) is 11.7 Å². The Morgan fingerprint density at radius 3 is 2.47 bits per heavy atom. The van der Waals surface area contributed by atoms with Crippen LogP contribution in [0.25, 0.3) is 0 Å². The lowest BCUT2D eigenvalue weighted by atomic mass is 10.0. The van der Waals surface area contributed by atoms with Crippen LogP contribution >= 0.6 is 0 Å². The first-order valence-electron chi connectivity index (χ1n) is 5.66. The van der Waals surface area contributed by atoms with Gasteiger partial charge >= 0.3 is 0 Å². The highest BCUT2D eigenvalue weighted by Gasteiger charge is 2.12. The predicted octanol–water partition coefficient (Wildman–Crippen LogP) is 3.07. The Balaban J connectivity index is 2.16. The van der Waals surface area contributed by atoms with E-state index in [0.717, 1.165) is 22.6 Å². The van der Waals surface area contributed by atoms with Gasteiger partial charge in [-0.1, -0.05) is 12.1 Å². The Morgan fingerprint density at radius 2 is 1.94 bits per heavy atom. The molecule has 0 fully saturated rings. The zero-order valence-electron chi connectivity index (χ0n) is 10.0. The standard InChI is InChI=1S/C14H16O3/c1-3-16-13-6-4-11(5-7-13)14(15)12-8-10(2)17-9-12/h4-9,14-15H,3H2,1-2H3. The SMILES string of the molecule is CCOc1ccc(C(O)c2coc(C)c2)cc1. The van der Waals surface area contributed by atoms with Crippen molar-refractivity contribution in [2.75, 3.05) is 6.61 Å². The van der Waals surface area contributed by atoms with E-state index in [0.29, 0.717) is 6.61 Å². The smallest absolute Gasteiger partial charge is 0.119 e. The fraction of sp³-hybridized carbons (Fsp3) is 0.286. The second-order valence-electron chi connectivity index (χ2n) is 3.90. The van der Waals surface area contributed by atoms with Gasteiger partial charge in [0.1, 0.15) is 17.6 Å². The van der Waals surface area contributed by atoms with Gasteiger partial charge in [0.2, 0.25) is 0 Å². The minimum absolute atomic E-state index is 0.642. The molecular weight excluding hydrogens is 216 g/mol.